The molecule has 2 heteroatoms. The van der Waals surface area contributed by atoms with E-state index in [4.69, 9.17) is 4.84 Å². The van der Waals surface area contributed by atoms with Gasteiger partial charge in [-0.25, -0.2) is 0 Å². The molecule has 0 aliphatic heterocycles. The van der Waals surface area contributed by atoms with Crippen molar-refractivity contribution in [3.05, 3.63) is 35.4 Å². The Kier molecular flexibility index (Phi) is 3.26. The number of benzene rings is 1. The van der Waals surface area contributed by atoms with Crippen molar-refractivity contribution in [2.45, 2.75) is 19.9 Å². The molecule has 1 atom stereocenters. The molecule has 12 heavy (non-hydrogen) atoms. The molecule has 0 fully saturated rings. The van der Waals surface area contributed by atoms with Crippen LogP contribution in [0.5, 0.6) is 0 Å². The lowest BCUT2D eigenvalue weighted by molar-refractivity contribution is 0.0657. The average molecular weight is 165 g/mol. The molecule has 66 valence electrons. The minimum Gasteiger partial charge on any atom is -0.305 e. The maximum atomic E-state index is 4.86. The Hall–Kier alpha value is -0.860. The normalized spacial score (nSPS) is 12.9. The SMILES string of the molecule is CONC(C)c1ccccc1C. The highest BCUT2D eigenvalue weighted by Crippen LogP contribution is 2.15. The fourth-order valence-corrected chi connectivity index (χ4v) is 1.31. The van der Waals surface area contributed by atoms with E-state index in [1.54, 1.807) is 7.11 Å². The molecule has 1 N–H and O–H groups in total. The fraction of sp³-hybridized carbons (Fsp3) is 0.400. The zero-order valence-electron chi connectivity index (χ0n) is 7.79. The van der Waals surface area contributed by atoms with E-state index in [-0.39, 0.29) is 6.04 Å². The van der Waals surface area contributed by atoms with Crippen molar-refractivity contribution in [1.29, 1.82) is 0 Å². The van der Waals surface area contributed by atoms with Gasteiger partial charge in [-0.05, 0) is 25.0 Å². The van der Waals surface area contributed by atoms with Crippen LogP contribution in [0.4, 0.5) is 0 Å². The molecule has 0 spiro atoms. The first-order valence-corrected chi connectivity index (χ1v) is 4.09. The van der Waals surface area contributed by atoms with E-state index in [2.05, 4.69) is 31.5 Å². The lowest BCUT2D eigenvalue weighted by Crippen LogP contribution is -2.17. The summed E-state index contributed by atoms with van der Waals surface area (Å²) in [5.41, 5.74) is 5.47. The van der Waals surface area contributed by atoms with Crippen molar-refractivity contribution in [2.24, 2.45) is 0 Å². The summed E-state index contributed by atoms with van der Waals surface area (Å²) < 4.78 is 0. The second-order valence-electron chi connectivity index (χ2n) is 2.90. The molecular weight excluding hydrogens is 150 g/mol. The van der Waals surface area contributed by atoms with Gasteiger partial charge in [0.2, 0.25) is 0 Å². The first-order chi connectivity index (χ1) is 5.75. The van der Waals surface area contributed by atoms with Crippen molar-refractivity contribution >= 4 is 0 Å². The molecule has 0 saturated carbocycles. The molecule has 0 bridgehead atoms. The van der Waals surface area contributed by atoms with Crippen molar-refractivity contribution in [3.8, 4) is 0 Å². The maximum Gasteiger partial charge on any atom is 0.0572 e. The number of hydrogen-bond acceptors (Lipinski definition) is 2. The van der Waals surface area contributed by atoms with Crippen LogP contribution in [0.25, 0.3) is 0 Å². The average Bonchev–Trinajstić information content (AvgIpc) is 2.05. The maximum absolute atomic E-state index is 4.86. The van der Waals surface area contributed by atoms with Crippen LogP contribution in [-0.4, -0.2) is 7.11 Å². The Morgan fingerprint density at radius 3 is 2.58 bits per heavy atom. The fourth-order valence-electron chi connectivity index (χ4n) is 1.31. The molecular formula is C10H15NO. The van der Waals surface area contributed by atoms with E-state index in [1.807, 2.05) is 12.1 Å². The van der Waals surface area contributed by atoms with Gasteiger partial charge in [0.05, 0.1) is 13.2 Å². The molecule has 0 radical (unpaired) electrons. The van der Waals surface area contributed by atoms with Gasteiger partial charge in [-0.1, -0.05) is 24.3 Å². The topological polar surface area (TPSA) is 21.3 Å². The van der Waals surface area contributed by atoms with Gasteiger partial charge in [0.15, 0.2) is 0 Å². The third kappa shape index (κ3) is 2.06. The standard InChI is InChI=1S/C10H15NO/c1-8-6-4-5-7-10(8)9(2)11-12-3/h4-7,9,11H,1-3H3. The predicted octanol–water partition coefficient (Wildman–Crippen LogP) is 2.21. The second-order valence-corrected chi connectivity index (χ2v) is 2.90. The number of rotatable bonds is 3. The van der Waals surface area contributed by atoms with Crippen molar-refractivity contribution < 1.29 is 4.84 Å². The molecule has 0 amide bonds. The number of aryl methyl sites for hydroxylation is 1. The minimum absolute atomic E-state index is 0.246. The minimum atomic E-state index is 0.246. The predicted molar refractivity (Wildman–Crippen MR) is 49.7 cm³/mol. The van der Waals surface area contributed by atoms with Crippen LogP contribution in [0.2, 0.25) is 0 Å². The lowest BCUT2D eigenvalue weighted by atomic mass is 10.0. The van der Waals surface area contributed by atoms with E-state index in [0.29, 0.717) is 0 Å². The molecule has 2 nitrogen and oxygen atoms in total. The summed E-state index contributed by atoms with van der Waals surface area (Å²) in [5.74, 6) is 0. The van der Waals surface area contributed by atoms with Crippen LogP contribution in [0.1, 0.15) is 24.1 Å². The zero-order chi connectivity index (χ0) is 8.97. The van der Waals surface area contributed by atoms with E-state index in [9.17, 15) is 0 Å². The van der Waals surface area contributed by atoms with Crippen molar-refractivity contribution in [1.82, 2.24) is 5.48 Å². The molecule has 1 rings (SSSR count). The molecule has 1 aromatic rings. The van der Waals surface area contributed by atoms with Gasteiger partial charge >= 0.3 is 0 Å². The third-order valence-electron chi connectivity index (χ3n) is 1.95. The lowest BCUT2D eigenvalue weighted by Gasteiger charge is -2.14. The number of hydrogen-bond donors (Lipinski definition) is 1. The van der Waals surface area contributed by atoms with Crippen LogP contribution in [-0.2, 0) is 4.84 Å². The molecule has 1 unspecified atom stereocenters. The van der Waals surface area contributed by atoms with E-state index < -0.39 is 0 Å². The van der Waals surface area contributed by atoms with Gasteiger partial charge in [-0.3, -0.25) is 0 Å². The molecule has 1 aromatic carbocycles. The monoisotopic (exact) mass is 165 g/mol. The summed E-state index contributed by atoms with van der Waals surface area (Å²) in [6.07, 6.45) is 0. The first-order valence-electron chi connectivity index (χ1n) is 4.09. The largest absolute Gasteiger partial charge is 0.305 e. The van der Waals surface area contributed by atoms with Gasteiger partial charge in [0, 0.05) is 0 Å². The van der Waals surface area contributed by atoms with Crippen LogP contribution in [0.15, 0.2) is 24.3 Å². The Bertz CT molecular complexity index is 247. The molecule has 0 aromatic heterocycles. The Morgan fingerprint density at radius 2 is 2.00 bits per heavy atom. The molecule has 0 saturated heterocycles. The third-order valence-corrected chi connectivity index (χ3v) is 1.95. The van der Waals surface area contributed by atoms with E-state index in [1.165, 1.54) is 11.1 Å². The quantitative estimate of drug-likeness (QED) is 0.693. The smallest absolute Gasteiger partial charge is 0.0572 e. The highest BCUT2D eigenvalue weighted by Gasteiger charge is 2.05. The van der Waals surface area contributed by atoms with Crippen molar-refractivity contribution in [2.75, 3.05) is 7.11 Å². The van der Waals surface area contributed by atoms with E-state index >= 15 is 0 Å². The number of hydroxylamine groups is 1. The summed E-state index contributed by atoms with van der Waals surface area (Å²) in [7, 11) is 1.63. The summed E-state index contributed by atoms with van der Waals surface area (Å²) in [5, 5.41) is 0. The highest BCUT2D eigenvalue weighted by molar-refractivity contribution is 5.27. The van der Waals surface area contributed by atoms with Gasteiger partial charge in [0.1, 0.15) is 0 Å². The first kappa shape index (κ1) is 9.23. The Labute approximate surface area is 73.5 Å². The summed E-state index contributed by atoms with van der Waals surface area (Å²) >= 11 is 0. The Balaban J connectivity index is 2.79. The van der Waals surface area contributed by atoms with Crippen LogP contribution in [0.3, 0.4) is 0 Å². The molecule has 0 aliphatic rings. The molecule has 0 aliphatic carbocycles. The summed E-state index contributed by atoms with van der Waals surface area (Å²) in [4.78, 5) is 4.86. The van der Waals surface area contributed by atoms with Gasteiger partial charge in [0.25, 0.3) is 0 Å². The van der Waals surface area contributed by atoms with Gasteiger partial charge in [-0.2, -0.15) is 5.48 Å². The number of nitrogens with one attached hydrogen (secondary N) is 1. The highest BCUT2D eigenvalue weighted by atomic mass is 16.6. The summed E-state index contributed by atoms with van der Waals surface area (Å²) in [6.45, 7) is 4.18. The second kappa shape index (κ2) is 4.24. The van der Waals surface area contributed by atoms with Gasteiger partial charge < -0.3 is 4.84 Å². The summed E-state index contributed by atoms with van der Waals surface area (Å²) in [6, 6.07) is 8.53. The van der Waals surface area contributed by atoms with E-state index in [0.717, 1.165) is 0 Å². The van der Waals surface area contributed by atoms with Gasteiger partial charge in [-0.15, -0.1) is 0 Å². The zero-order valence-corrected chi connectivity index (χ0v) is 7.79. The van der Waals surface area contributed by atoms with Crippen molar-refractivity contribution in [3.63, 3.8) is 0 Å². The van der Waals surface area contributed by atoms with Crippen LogP contribution in [0, 0.1) is 6.92 Å². The van der Waals surface area contributed by atoms with Crippen LogP contribution < -0.4 is 5.48 Å². The molecule has 0 heterocycles. The Morgan fingerprint density at radius 1 is 1.33 bits per heavy atom. The van der Waals surface area contributed by atoms with Crippen LogP contribution >= 0.6 is 0 Å².